The largest absolute Gasteiger partial charge is 0.507 e. The maximum atomic E-state index is 13.9. The van der Waals surface area contributed by atoms with Crippen LogP contribution in [-0.4, -0.2) is 130 Å². The minimum atomic E-state index is -1.65. The van der Waals surface area contributed by atoms with Crippen molar-refractivity contribution in [2.75, 3.05) is 28.2 Å². The van der Waals surface area contributed by atoms with Gasteiger partial charge in [0.25, 0.3) is 0 Å². The molecule has 2 saturated heterocycles. The Morgan fingerprint density at radius 1 is 0.857 bits per heavy atom. The third-order valence-corrected chi connectivity index (χ3v) is 10.9. The molecule has 268 valence electrons. The first-order valence-corrected chi connectivity index (χ1v) is 16.9. The highest BCUT2D eigenvalue weighted by Crippen LogP contribution is 2.55. The van der Waals surface area contributed by atoms with Gasteiger partial charge in [-0.15, -0.1) is 0 Å². The average Bonchev–Trinajstić information content (AvgIpc) is 3.04. The molecule has 0 spiro atoms. The first-order chi connectivity index (χ1) is 23.1. The molecule has 5 N–H and O–H groups in total. The second-order valence-electron chi connectivity index (χ2n) is 14.4. The molecule has 0 aromatic heterocycles. The Labute approximate surface area is 285 Å². The quantitative estimate of drug-likeness (QED) is 0.245. The van der Waals surface area contributed by atoms with Crippen molar-refractivity contribution in [2.24, 2.45) is 0 Å². The van der Waals surface area contributed by atoms with Gasteiger partial charge >= 0.3 is 0 Å². The molecule has 0 radical (unpaired) electrons. The third kappa shape index (κ3) is 6.08. The third-order valence-electron chi connectivity index (χ3n) is 10.9. The number of fused-ring (bicyclic) bond motifs is 3. The molecule has 0 unspecified atom stereocenters. The van der Waals surface area contributed by atoms with Gasteiger partial charge in [-0.1, -0.05) is 19.1 Å². The highest BCUT2D eigenvalue weighted by atomic mass is 16.7. The molecule has 6 rings (SSSR count). The normalized spacial score (nSPS) is 36.1. The number of carbonyl (C=O) groups excluding carboxylic acids is 2. The fourth-order valence-corrected chi connectivity index (χ4v) is 7.94. The van der Waals surface area contributed by atoms with Gasteiger partial charge in [0, 0.05) is 48.0 Å². The summed E-state index contributed by atoms with van der Waals surface area (Å²) in [7, 11) is 7.39. The predicted molar refractivity (Wildman–Crippen MR) is 175 cm³/mol. The summed E-state index contributed by atoms with van der Waals surface area (Å²) in [5.74, 6) is -2.18. The molecule has 2 aliphatic carbocycles. The van der Waals surface area contributed by atoms with Crippen LogP contribution < -0.4 is 0 Å². The number of phenols is 2. The van der Waals surface area contributed by atoms with Gasteiger partial charge in [0.2, 0.25) is 0 Å². The van der Waals surface area contributed by atoms with Crippen LogP contribution in [0.1, 0.15) is 102 Å². The lowest BCUT2D eigenvalue weighted by molar-refractivity contribution is -0.289. The number of benzene rings is 2. The SMILES string of the molecule is CC[C@]1(O)C[C@@H](O[C@@H]2C[C@H](N(C)C)[C@H](O)[C@H](C)O2)c2cc3c(c(O)c2[C@H]1O[C@@H]1C[C@@H](N(C)C)[C@H](O)[C@H](C)O1)C(=O)c1cccc(O)c1C3=O. The topological polar surface area (TPSA) is 179 Å². The second kappa shape index (κ2) is 13.3. The summed E-state index contributed by atoms with van der Waals surface area (Å²) in [4.78, 5) is 31.6. The first kappa shape index (κ1) is 35.8. The average molecular weight is 685 g/mol. The van der Waals surface area contributed by atoms with E-state index in [1.165, 1.54) is 24.3 Å². The van der Waals surface area contributed by atoms with Gasteiger partial charge in [0.05, 0.1) is 47.2 Å². The zero-order valence-electron chi connectivity index (χ0n) is 29.0. The Balaban J connectivity index is 1.48. The van der Waals surface area contributed by atoms with Crippen LogP contribution in [0.15, 0.2) is 24.3 Å². The van der Waals surface area contributed by atoms with E-state index in [9.17, 15) is 35.1 Å². The van der Waals surface area contributed by atoms with E-state index in [1.807, 2.05) is 38.0 Å². The van der Waals surface area contributed by atoms with Crippen molar-refractivity contribution in [2.45, 2.75) is 113 Å². The zero-order valence-corrected chi connectivity index (χ0v) is 29.0. The van der Waals surface area contributed by atoms with E-state index < -0.39 is 72.1 Å². The maximum absolute atomic E-state index is 13.9. The molecule has 2 aliphatic heterocycles. The number of aliphatic hydroxyl groups is 3. The molecule has 2 heterocycles. The summed E-state index contributed by atoms with van der Waals surface area (Å²) in [5, 5.41) is 56.7. The van der Waals surface area contributed by atoms with E-state index in [4.69, 9.17) is 18.9 Å². The van der Waals surface area contributed by atoms with Crippen LogP contribution in [0.4, 0.5) is 0 Å². The highest BCUT2D eigenvalue weighted by Gasteiger charge is 2.52. The smallest absolute Gasteiger partial charge is 0.198 e. The van der Waals surface area contributed by atoms with Gasteiger partial charge in [0.1, 0.15) is 17.6 Å². The van der Waals surface area contributed by atoms with Crippen LogP contribution in [0.5, 0.6) is 11.5 Å². The number of rotatable bonds is 7. The van der Waals surface area contributed by atoms with Crippen molar-refractivity contribution in [1.82, 2.24) is 9.80 Å². The summed E-state index contributed by atoms with van der Waals surface area (Å²) in [6.45, 7) is 5.25. The Morgan fingerprint density at radius 2 is 1.41 bits per heavy atom. The van der Waals surface area contributed by atoms with Gasteiger partial charge in [-0.05, 0) is 66.2 Å². The first-order valence-electron chi connectivity index (χ1n) is 16.9. The van der Waals surface area contributed by atoms with Crippen molar-refractivity contribution >= 4 is 11.6 Å². The van der Waals surface area contributed by atoms with E-state index in [0.29, 0.717) is 12.0 Å². The lowest BCUT2D eigenvalue weighted by Crippen LogP contribution is -2.55. The Morgan fingerprint density at radius 3 is 1.96 bits per heavy atom. The Bertz CT molecular complexity index is 1610. The number of aliphatic hydroxyl groups excluding tert-OH is 2. The number of hydrogen-bond acceptors (Lipinski definition) is 13. The van der Waals surface area contributed by atoms with Crippen LogP contribution in [0.3, 0.4) is 0 Å². The minimum absolute atomic E-state index is 0.0329. The molecule has 13 heteroatoms. The Hall–Kier alpha value is -2.98. The number of aromatic hydroxyl groups is 2. The van der Waals surface area contributed by atoms with Crippen molar-refractivity contribution in [1.29, 1.82) is 0 Å². The molecule has 2 aromatic rings. The monoisotopic (exact) mass is 684 g/mol. The standard InChI is InChI=1S/C36H48N2O11/c1-8-36(45)15-24(48-25-13-21(37(4)5)30(40)16(2)46-25)19-12-20-28(32(42)18-10-9-11-23(39)27(18)33(20)43)34(44)29(19)35(36)49-26-14-22(38(6)7)31(41)17(3)47-26/h9-12,16-17,21-22,24-26,30-31,35,39-41,44-45H,8,13-15H2,1-7H3/t16-,17-,21-,22+,24+,25+,26+,30+,31+,35+,36-/m0/s1. The molecular weight excluding hydrogens is 636 g/mol. The molecule has 0 saturated carbocycles. The number of nitrogens with zero attached hydrogens (tertiary/aromatic N) is 2. The highest BCUT2D eigenvalue weighted by molar-refractivity contribution is 6.30. The number of ketones is 2. The molecule has 49 heavy (non-hydrogen) atoms. The molecule has 11 atom stereocenters. The fourth-order valence-electron chi connectivity index (χ4n) is 7.94. The fraction of sp³-hybridized carbons (Fsp3) is 0.611. The molecule has 2 aromatic carbocycles. The van der Waals surface area contributed by atoms with Crippen molar-refractivity contribution < 1.29 is 54.1 Å². The lowest BCUT2D eigenvalue weighted by atomic mass is 9.71. The van der Waals surface area contributed by atoms with Crippen LogP contribution in [0.25, 0.3) is 0 Å². The van der Waals surface area contributed by atoms with E-state index in [2.05, 4.69) is 0 Å². The number of carbonyl (C=O) groups is 2. The van der Waals surface area contributed by atoms with Crippen LogP contribution in [0, 0.1) is 0 Å². The van der Waals surface area contributed by atoms with E-state index >= 15 is 0 Å². The Kier molecular flexibility index (Phi) is 9.72. The van der Waals surface area contributed by atoms with Gasteiger partial charge in [-0.25, -0.2) is 0 Å². The number of likely N-dealkylation sites (N-methyl/N-ethyl adjacent to an activating group) is 2. The van der Waals surface area contributed by atoms with Crippen LogP contribution in [0.2, 0.25) is 0 Å². The summed E-state index contributed by atoms with van der Waals surface area (Å²) in [6.07, 6.45) is -5.98. The molecule has 0 bridgehead atoms. The minimum Gasteiger partial charge on any atom is -0.507 e. The van der Waals surface area contributed by atoms with Gasteiger partial charge in [-0.3, -0.25) is 9.59 Å². The van der Waals surface area contributed by atoms with Gasteiger partial charge < -0.3 is 54.3 Å². The van der Waals surface area contributed by atoms with E-state index in [-0.39, 0.29) is 64.9 Å². The van der Waals surface area contributed by atoms with E-state index in [0.717, 1.165) is 0 Å². The van der Waals surface area contributed by atoms with Crippen molar-refractivity contribution in [3.63, 3.8) is 0 Å². The second-order valence-corrected chi connectivity index (χ2v) is 14.4. The molecular formula is C36H48N2O11. The predicted octanol–water partition coefficient (Wildman–Crippen LogP) is 2.39. The summed E-state index contributed by atoms with van der Waals surface area (Å²) in [5.41, 5.74) is -1.83. The van der Waals surface area contributed by atoms with Crippen molar-refractivity contribution in [3.8, 4) is 11.5 Å². The number of hydrogen-bond donors (Lipinski definition) is 5. The zero-order chi connectivity index (χ0) is 35.7. The summed E-state index contributed by atoms with van der Waals surface area (Å²) >= 11 is 0. The summed E-state index contributed by atoms with van der Waals surface area (Å²) in [6, 6.07) is 5.06. The van der Waals surface area contributed by atoms with Crippen LogP contribution >= 0.6 is 0 Å². The van der Waals surface area contributed by atoms with Gasteiger partial charge in [0.15, 0.2) is 24.1 Å². The van der Waals surface area contributed by atoms with E-state index in [1.54, 1.807) is 20.8 Å². The lowest BCUT2D eigenvalue weighted by Gasteiger charge is -2.48. The summed E-state index contributed by atoms with van der Waals surface area (Å²) < 4.78 is 25.3. The van der Waals surface area contributed by atoms with Gasteiger partial charge in [-0.2, -0.15) is 0 Å². The number of phenolic OH excluding ortho intramolecular Hbond substituents is 2. The van der Waals surface area contributed by atoms with Crippen molar-refractivity contribution in [3.05, 3.63) is 57.6 Å². The van der Waals surface area contributed by atoms with Crippen LogP contribution in [-0.2, 0) is 18.9 Å². The molecule has 2 fully saturated rings. The molecule has 13 nitrogen and oxygen atoms in total. The molecule has 0 amide bonds. The number of ether oxygens (including phenoxy) is 4. The maximum Gasteiger partial charge on any atom is 0.198 e. The molecule has 4 aliphatic rings.